The van der Waals surface area contributed by atoms with Crippen molar-refractivity contribution in [1.29, 1.82) is 0 Å². The van der Waals surface area contributed by atoms with Crippen LogP contribution in [0.15, 0.2) is 47.5 Å². The Kier molecular flexibility index (Phi) is 6.64. The minimum Gasteiger partial charge on any atom is -0.454 e. The smallest absolute Gasteiger partial charge is 0.231 e. The Bertz CT molecular complexity index is 855. The zero-order chi connectivity index (χ0) is 18.7. The molecule has 150 valence electrons. The second kappa shape index (κ2) is 8.98. The molecule has 0 atom stereocenters. The van der Waals surface area contributed by atoms with Gasteiger partial charge in [0.25, 0.3) is 0 Å². The highest BCUT2D eigenvalue weighted by Gasteiger charge is 2.44. The van der Waals surface area contributed by atoms with E-state index in [1.165, 1.54) is 11.6 Å². The summed E-state index contributed by atoms with van der Waals surface area (Å²) >= 11 is 0. The summed E-state index contributed by atoms with van der Waals surface area (Å²) in [6, 6.07) is 12.9. The van der Waals surface area contributed by atoms with Gasteiger partial charge in [-0.2, -0.15) is 0 Å². The van der Waals surface area contributed by atoms with Crippen molar-refractivity contribution in [3.8, 4) is 11.5 Å². The second-order valence-corrected chi connectivity index (χ2v) is 7.08. The van der Waals surface area contributed by atoms with Crippen LogP contribution in [0.2, 0.25) is 0 Å². The predicted molar refractivity (Wildman–Crippen MR) is 118 cm³/mol. The van der Waals surface area contributed by atoms with Crippen molar-refractivity contribution in [3.05, 3.63) is 59.4 Å². The summed E-state index contributed by atoms with van der Waals surface area (Å²) in [4.78, 5) is 4.29. The molecule has 1 aliphatic carbocycles. The average Bonchev–Trinajstić information content (AvgIpc) is 3.33. The van der Waals surface area contributed by atoms with Crippen LogP contribution >= 0.6 is 24.0 Å². The van der Waals surface area contributed by atoms with Gasteiger partial charge in [-0.15, -0.1) is 24.0 Å². The standard InChI is InChI=1S/C21H24FN3O2.HI/c1-23-20(24-10-7-15-5-6-18-19(11-15)27-14-26-18)25-13-21(8-9-21)16-3-2-4-17(22)12-16;/h2-6,11-12H,7-10,13-14H2,1H3,(H2,23,24,25);1H. The quantitative estimate of drug-likeness (QED) is 0.364. The fourth-order valence-corrected chi connectivity index (χ4v) is 3.43. The Morgan fingerprint density at radius 3 is 2.68 bits per heavy atom. The van der Waals surface area contributed by atoms with Crippen molar-refractivity contribution >= 4 is 29.9 Å². The van der Waals surface area contributed by atoms with Crippen LogP contribution in [-0.4, -0.2) is 32.9 Å². The summed E-state index contributed by atoms with van der Waals surface area (Å²) in [6.45, 7) is 1.80. The lowest BCUT2D eigenvalue weighted by atomic mass is 9.96. The van der Waals surface area contributed by atoms with E-state index in [9.17, 15) is 4.39 Å². The maximum absolute atomic E-state index is 13.5. The van der Waals surface area contributed by atoms with E-state index in [1.54, 1.807) is 19.2 Å². The monoisotopic (exact) mass is 497 g/mol. The van der Waals surface area contributed by atoms with Gasteiger partial charge in [-0.05, 0) is 54.7 Å². The van der Waals surface area contributed by atoms with Crippen LogP contribution in [0.25, 0.3) is 0 Å². The number of nitrogens with zero attached hydrogens (tertiary/aromatic N) is 1. The largest absolute Gasteiger partial charge is 0.454 e. The van der Waals surface area contributed by atoms with Crippen LogP contribution in [-0.2, 0) is 11.8 Å². The van der Waals surface area contributed by atoms with Gasteiger partial charge < -0.3 is 20.1 Å². The number of nitrogens with one attached hydrogen (secondary N) is 2. The first-order valence-corrected chi connectivity index (χ1v) is 9.28. The van der Waals surface area contributed by atoms with E-state index < -0.39 is 0 Å². The Balaban J connectivity index is 0.00000225. The number of ether oxygens (including phenoxy) is 2. The molecule has 4 rings (SSSR count). The molecule has 28 heavy (non-hydrogen) atoms. The Morgan fingerprint density at radius 2 is 1.93 bits per heavy atom. The molecule has 1 fully saturated rings. The number of guanidine groups is 1. The number of aliphatic imine (C=N–C) groups is 1. The molecule has 0 radical (unpaired) electrons. The summed E-state index contributed by atoms with van der Waals surface area (Å²) in [5.41, 5.74) is 2.27. The molecule has 0 bridgehead atoms. The Morgan fingerprint density at radius 1 is 1.11 bits per heavy atom. The van der Waals surface area contributed by atoms with Gasteiger partial charge in [0.05, 0.1) is 0 Å². The van der Waals surface area contributed by atoms with Gasteiger partial charge in [0.15, 0.2) is 17.5 Å². The maximum Gasteiger partial charge on any atom is 0.231 e. The van der Waals surface area contributed by atoms with Crippen molar-refractivity contribution in [1.82, 2.24) is 10.6 Å². The van der Waals surface area contributed by atoms with E-state index in [4.69, 9.17) is 9.47 Å². The first-order chi connectivity index (χ1) is 13.2. The number of hydrogen-bond acceptors (Lipinski definition) is 3. The van der Waals surface area contributed by atoms with Crippen LogP contribution in [0, 0.1) is 5.82 Å². The van der Waals surface area contributed by atoms with Gasteiger partial charge in [0, 0.05) is 25.6 Å². The van der Waals surface area contributed by atoms with Crippen molar-refractivity contribution in [2.24, 2.45) is 4.99 Å². The number of rotatable bonds is 6. The lowest BCUT2D eigenvalue weighted by Crippen LogP contribution is -2.42. The van der Waals surface area contributed by atoms with Gasteiger partial charge in [-0.1, -0.05) is 18.2 Å². The highest BCUT2D eigenvalue weighted by molar-refractivity contribution is 14.0. The molecule has 2 aromatic rings. The van der Waals surface area contributed by atoms with E-state index in [1.807, 2.05) is 18.2 Å². The zero-order valence-corrected chi connectivity index (χ0v) is 18.2. The minimum absolute atomic E-state index is 0. The highest BCUT2D eigenvalue weighted by atomic mass is 127. The summed E-state index contributed by atoms with van der Waals surface area (Å²) in [7, 11) is 1.76. The zero-order valence-electron chi connectivity index (χ0n) is 15.8. The molecule has 0 saturated heterocycles. The first-order valence-electron chi connectivity index (χ1n) is 9.28. The Hall–Kier alpha value is -2.03. The normalized spacial score (nSPS) is 16.3. The maximum atomic E-state index is 13.5. The van der Waals surface area contributed by atoms with Gasteiger partial charge in [0.1, 0.15) is 5.82 Å². The molecule has 0 spiro atoms. The lowest BCUT2D eigenvalue weighted by molar-refractivity contribution is 0.174. The molecule has 2 aliphatic rings. The minimum atomic E-state index is -0.176. The van der Waals surface area contributed by atoms with E-state index in [0.29, 0.717) is 6.79 Å². The molecular weight excluding hydrogens is 472 g/mol. The SMILES string of the molecule is CN=C(NCCc1ccc2c(c1)OCO2)NCC1(c2cccc(F)c2)CC1.I. The first kappa shape index (κ1) is 20.7. The van der Waals surface area contributed by atoms with Crippen molar-refractivity contribution in [2.45, 2.75) is 24.7 Å². The summed E-state index contributed by atoms with van der Waals surface area (Å²) in [5.74, 6) is 2.19. The number of hydrogen-bond donors (Lipinski definition) is 2. The van der Waals surface area contributed by atoms with E-state index in [-0.39, 0.29) is 35.2 Å². The van der Waals surface area contributed by atoms with Gasteiger partial charge in [-0.3, -0.25) is 4.99 Å². The van der Waals surface area contributed by atoms with Crippen LogP contribution < -0.4 is 20.1 Å². The van der Waals surface area contributed by atoms with Crippen molar-refractivity contribution < 1.29 is 13.9 Å². The molecule has 0 aromatic heterocycles. The van der Waals surface area contributed by atoms with Gasteiger partial charge >= 0.3 is 0 Å². The molecule has 2 aromatic carbocycles. The number of benzene rings is 2. The third-order valence-electron chi connectivity index (χ3n) is 5.25. The van der Waals surface area contributed by atoms with E-state index in [2.05, 4.69) is 21.7 Å². The molecule has 2 N–H and O–H groups in total. The molecule has 1 aliphatic heterocycles. The Labute approximate surface area is 181 Å². The molecule has 1 saturated carbocycles. The molecule has 5 nitrogen and oxygen atoms in total. The number of fused-ring (bicyclic) bond motifs is 1. The molecule has 7 heteroatoms. The third-order valence-corrected chi connectivity index (χ3v) is 5.25. The topological polar surface area (TPSA) is 54.9 Å². The number of halogens is 2. The lowest BCUT2D eigenvalue weighted by Gasteiger charge is -2.19. The van der Waals surface area contributed by atoms with Crippen molar-refractivity contribution in [3.63, 3.8) is 0 Å². The summed E-state index contributed by atoms with van der Waals surface area (Å²) in [5, 5.41) is 6.73. The summed E-state index contributed by atoms with van der Waals surface area (Å²) < 4.78 is 24.3. The van der Waals surface area contributed by atoms with Gasteiger partial charge in [-0.25, -0.2) is 4.39 Å². The molecule has 0 unspecified atom stereocenters. The van der Waals surface area contributed by atoms with Crippen LogP contribution in [0.3, 0.4) is 0 Å². The van der Waals surface area contributed by atoms with Crippen LogP contribution in [0.4, 0.5) is 4.39 Å². The molecular formula is C21H25FIN3O2. The molecule has 1 heterocycles. The predicted octanol–water partition coefficient (Wildman–Crippen LogP) is 3.61. The van der Waals surface area contributed by atoms with Crippen LogP contribution in [0.5, 0.6) is 11.5 Å². The van der Waals surface area contributed by atoms with E-state index >= 15 is 0 Å². The van der Waals surface area contributed by atoms with Crippen molar-refractivity contribution in [2.75, 3.05) is 26.9 Å². The summed E-state index contributed by atoms with van der Waals surface area (Å²) in [6.07, 6.45) is 2.99. The second-order valence-electron chi connectivity index (χ2n) is 7.08. The van der Waals surface area contributed by atoms with Gasteiger partial charge in [0.2, 0.25) is 6.79 Å². The third kappa shape index (κ3) is 4.68. The average molecular weight is 497 g/mol. The van der Waals surface area contributed by atoms with Crippen LogP contribution in [0.1, 0.15) is 24.0 Å². The highest BCUT2D eigenvalue weighted by Crippen LogP contribution is 2.47. The fourth-order valence-electron chi connectivity index (χ4n) is 3.43. The molecule has 0 amide bonds. The van der Waals surface area contributed by atoms with E-state index in [0.717, 1.165) is 55.4 Å². The fraction of sp³-hybridized carbons (Fsp3) is 0.381.